The fourth-order valence-corrected chi connectivity index (χ4v) is 7.96. The molecule has 0 amide bonds. The van der Waals surface area contributed by atoms with E-state index in [0.717, 1.165) is 0 Å². The van der Waals surface area contributed by atoms with Gasteiger partial charge >= 0.3 is 0 Å². The Morgan fingerprint density at radius 3 is 1.82 bits per heavy atom. The van der Waals surface area contributed by atoms with Crippen LogP contribution in [0.4, 0.5) is 0 Å². The monoisotopic (exact) mass is 504 g/mol. The van der Waals surface area contributed by atoms with Gasteiger partial charge in [0.2, 0.25) is 0 Å². The van der Waals surface area contributed by atoms with Crippen LogP contribution in [-0.4, -0.2) is 8.80 Å². The van der Waals surface area contributed by atoms with Gasteiger partial charge in [-0.3, -0.25) is 0 Å². The summed E-state index contributed by atoms with van der Waals surface area (Å²) in [5.74, 6) is 0. The first kappa shape index (κ1) is 19.7. The van der Waals surface area contributed by atoms with Gasteiger partial charge in [-0.1, -0.05) is 97.1 Å². The van der Waals surface area contributed by atoms with Crippen molar-refractivity contribution >= 4 is 97.7 Å². The molecule has 11 aromatic rings. The molecule has 0 spiro atoms. The Balaban J connectivity index is 1.47. The van der Waals surface area contributed by atoms with Crippen LogP contribution in [0.15, 0.2) is 121 Å². The predicted molar refractivity (Wildman–Crippen MR) is 171 cm³/mol. The molecule has 0 unspecified atom stereocenters. The molecular weight excluding hydrogens is 484 g/mol. The van der Waals surface area contributed by atoms with E-state index in [1.54, 1.807) is 0 Å². The SMILES string of the molecule is c1ccc2c(c1)cc1c3cc4c5cccc6c7ccc8ccccc8c7n(c4cc3n3c4ccccc4c2c13)c56. The molecule has 0 aliphatic heterocycles. The maximum Gasteiger partial charge on any atom is 0.0626 e. The van der Waals surface area contributed by atoms with E-state index in [0.29, 0.717) is 0 Å². The molecule has 4 aromatic heterocycles. The lowest BCUT2D eigenvalue weighted by molar-refractivity contribution is 1.35. The molecule has 0 N–H and O–H groups in total. The smallest absolute Gasteiger partial charge is 0.0626 e. The van der Waals surface area contributed by atoms with Crippen molar-refractivity contribution in [2.24, 2.45) is 0 Å². The van der Waals surface area contributed by atoms with E-state index in [-0.39, 0.29) is 0 Å². The lowest BCUT2D eigenvalue weighted by atomic mass is 9.99. The molecule has 7 aromatic carbocycles. The minimum atomic E-state index is 1.28. The summed E-state index contributed by atoms with van der Waals surface area (Å²) >= 11 is 0. The van der Waals surface area contributed by atoms with Gasteiger partial charge in [0.15, 0.2) is 0 Å². The first-order valence-corrected chi connectivity index (χ1v) is 14.0. The van der Waals surface area contributed by atoms with Gasteiger partial charge in [-0.2, -0.15) is 0 Å². The van der Waals surface area contributed by atoms with Gasteiger partial charge in [0.05, 0.1) is 33.1 Å². The lowest BCUT2D eigenvalue weighted by Crippen LogP contribution is -1.85. The molecule has 4 heterocycles. The topological polar surface area (TPSA) is 8.82 Å². The molecule has 0 saturated carbocycles. The molecule has 0 aliphatic rings. The average Bonchev–Trinajstić information content (AvgIpc) is 3.72. The molecule has 40 heavy (non-hydrogen) atoms. The van der Waals surface area contributed by atoms with E-state index in [9.17, 15) is 0 Å². The van der Waals surface area contributed by atoms with Gasteiger partial charge in [0.1, 0.15) is 0 Å². The van der Waals surface area contributed by atoms with Crippen LogP contribution in [0.3, 0.4) is 0 Å². The fraction of sp³-hybridized carbons (Fsp3) is 0. The highest BCUT2D eigenvalue weighted by atomic mass is 14.9. The highest BCUT2D eigenvalue weighted by Gasteiger charge is 2.23. The van der Waals surface area contributed by atoms with Crippen molar-refractivity contribution in [3.8, 4) is 0 Å². The van der Waals surface area contributed by atoms with Gasteiger partial charge in [0, 0.05) is 48.5 Å². The van der Waals surface area contributed by atoms with Crippen molar-refractivity contribution in [3.05, 3.63) is 121 Å². The van der Waals surface area contributed by atoms with E-state index < -0.39 is 0 Å². The largest absolute Gasteiger partial charge is 0.308 e. The molecule has 0 aliphatic carbocycles. The minimum absolute atomic E-state index is 1.28. The van der Waals surface area contributed by atoms with Gasteiger partial charge in [0.25, 0.3) is 0 Å². The zero-order chi connectivity index (χ0) is 25.7. The van der Waals surface area contributed by atoms with Gasteiger partial charge in [-0.25, -0.2) is 0 Å². The standard InChI is InChI=1S/C38H20N2/c1-4-11-24-21(8-1)16-17-27-25-13-7-14-26-29-19-30-31-18-22-9-2-3-10-23(22)35-28-12-5-6-15-32(28)39(38(31)35)33(30)20-34(29)40(36(24)27)37(25)26/h1-20H. The molecular formula is C38H20N2. The Morgan fingerprint density at radius 1 is 0.300 bits per heavy atom. The van der Waals surface area contributed by atoms with E-state index in [1.807, 2.05) is 0 Å². The second-order valence-corrected chi connectivity index (χ2v) is 11.3. The Bertz CT molecular complexity index is 2860. The molecule has 0 atom stereocenters. The molecule has 0 fully saturated rings. The second kappa shape index (κ2) is 6.44. The summed E-state index contributed by atoms with van der Waals surface area (Å²) in [6.07, 6.45) is 0. The first-order chi connectivity index (χ1) is 19.9. The Hall–Kier alpha value is -5.34. The zero-order valence-electron chi connectivity index (χ0n) is 21.4. The third-order valence-corrected chi connectivity index (χ3v) is 9.51. The highest BCUT2D eigenvalue weighted by molar-refractivity contribution is 6.34. The van der Waals surface area contributed by atoms with E-state index in [1.165, 1.54) is 97.7 Å². The van der Waals surface area contributed by atoms with Crippen molar-refractivity contribution in [3.63, 3.8) is 0 Å². The maximum atomic E-state index is 2.54. The summed E-state index contributed by atoms with van der Waals surface area (Å²) in [5.41, 5.74) is 7.80. The Labute approximate surface area is 227 Å². The van der Waals surface area contributed by atoms with Crippen molar-refractivity contribution in [2.45, 2.75) is 0 Å². The third kappa shape index (κ3) is 2.04. The van der Waals surface area contributed by atoms with Crippen LogP contribution in [0.25, 0.3) is 97.7 Å². The van der Waals surface area contributed by atoms with Gasteiger partial charge in [-0.05, 0) is 40.4 Å². The van der Waals surface area contributed by atoms with Gasteiger partial charge in [-0.15, -0.1) is 0 Å². The van der Waals surface area contributed by atoms with Gasteiger partial charge < -0.3 is 8.80 Å². The number of hydrogen-bond donors (Lipinski definition) is 0. The molecule has 0 saturated heterocycles. The van der Waals surface area contributed by atoms with Crippen LogP contribution in [0.5, 0.6) is 0 Å². The van der Waals surface area contributed by atoms with Crippen molar-refractivity contribution in [1.82, 2.24) is 8.80 Å². The Morgan fingerprint density at radius 2 is 0.925 bits per heavy atom. The van der Waals surface area contributed by atoms with Crippen LogP contribution < -0.4 is 0 Å². The number of hydrogen-bond acceptors (Lipinski definition) is 0. The second-order valence-electron chi connectivity index (χ2n) is 11.3. The number of rotatable bonds is 0. The van der Waals surface area contributed by atoms with Crippen LogP contribution in [0.2, 0.25) is 0 Å². The maximum absolute atomic E-state index is 2.54. The third-order valence-electron chi connectivity index (χ3n) is 9.51. The first-order valence-electron chi connectivity index (χ1n) is 14.0. The fourth-order valence-electron chi connectivity index (χ4n) is 7.96. The average molecular weight is 505 g/mol. The lowest BCUT2D eigenvalue weighted by Gasteiger charge is -2.04. The zero-order valence-corrected chi connectivity index (χ0v) is 21.4. The number of fused-ring (bicyclic) bond motifs is 16. The summed E-state index contributed by atoms with van der Waals surface area (Å²) in [4.78, 5) is 0. The molecule has 11 rings (SSSR count). The number of nitrogens with zero attached hydrogens (tertiary/aromatic N) is 2. The molecule has 2 nitrogen and oxygen atoms in total. The summed E-state index contributed by atoms with van der Waals surface area (Å²) in [5, 5.41) is 15.9. The highest BCUT2D eigenvalue weighted by Crippen LogP contribution is 2.47. The van der Waals surface area contributed by atoms with Crippen molar-refractivity contribution in [2.75, 3.05) is 0 Å². The quantitative estimate of drug-likeness (QED) is 0.194. The number of para-hydroxylation sites is 2. The molecule has 0 bridgehead atoms. The summed E-state index contributed by atoms with van der Waals surface area (Å²) in [6.45, 7) is 0. The molecule has 0 radical (unpaired) electrons. The Kier molecular flexibility index (Phi) is 3.17. The van der Waals surface area contributed by atoms with Crippen LogP contribution >= 0.6 is 0 Å². The van der Waals surface area contributed by atoms with Crippen LogP contribution in [0.1, 0.15) is 0 Å². The van der Waals surface area contributed by atoms with Crippen molar-refractivity contribution < 1.29 is 0 Å². The van der Waals surface area contributed by atoms with E-state index in [2.05, 4.69) is 130 Å². The summed E-state index contributed by atoms with van der Waals surface area (Å²) < 4.78 is 5.06. The van der Waals surface area contributed by atoms with Crippen LogP contribution in [0, 0.1) is 0 Å². The number of benzene rings is 7. The normalized spacial score (nSPS) is 13.0. The predicted octanol–water partition coefficient (Wildman–Crippen LogP) is 10.3. The molecule has 182 valence electrons. The minimum Gasteiger partial charge on any atom is -0.308 e. The summed E-state index contributed by atoms with van der Waals surface area (Å²) in [7, 11) is 0. The van der Waals surface area contributed by atoms with E-state index >= 15 is 0 Å². The van der Waals surface area contributed by atoms with E-state index in [4.69, 9.17) is 0 Å². The van der Waals surface area contributed by atoms with Crippen LogP contribution in [-0.2, 0) is 0 Å². The summed E-state index contributed by atoms with van der Waals surface area (Å²) in [6, 6.07) is 45.3. The number of aromatic nitrogens is 2. The molecule has 2 heteroatoms. The van der Waals surface area contributed by atoms with Crippen molar-refractivity contribution in [1.29, 1.82) is 0 Å².